The number of amides is 1. The van der Waals surface area contributed by atoms with E-state index in [1.807, 2.05) is 77.9 Å². The maximum absolute atomic E-state index is 11.8. The first kappa shape index (κ1) is 19.8. The van der Waals surface area contributed by atoms with Crippen molar-refractivity contribution in [3.63, 3.8) is 0 Å². The zero-order valence-electron chi connectivity index (χ0n) is 14.6. The van der Waals surface area contributed by atoms with Crippen molar-refractivity contribution in [1.29, 1.82) is 0 Å². The molecule has 120 valence electrons. The van der Waals surface area contributed by atoms with Crippen molar-refractivity contribution in [3.8, 4) is 11.1 Å². The summed E-state index contributed by atoms with van der Waals surface area (Å²) < 4.78 is 0. The summed E-state index contributed by atoms with van der Waals surface area (Å²) in [5.74, 6) is -0.0359. The molecule has 3 heteroatoms. The average molecular weight is 300 g/mol. The van der Waals surface area contributed by atoms with E-state index in [1.165, 1.54) is 0 Å². The minimum atomic E-state index is -0.0359. The Hall–Kier alpha value is -2.16. The van der Waals surface area contributed by atoms with Crippen LogP contribution in [-0.4, -0.2) is 16.9 Å². The molecule has 1 aromatic heterocycles. The SMILES string of the molecule is CC.CC.CC(C)NC(=O)c1ccc(-c2ccncc2)cc1. The predicted octanol–water partition coefficient (Wildman–Crippen LogP) is 4.94. The molecule has 1 amide bonds. The van der Waals surface area contributed by atoms with E-state index in [-0.39, 0.29) is 11.9 Å². The molecule has 0 fully saturated rings. The quantitative estimate of drug-likeness (QED) is 0.872. The molecule has 0 unspecified atom stereocenters. The molecule has 0 aliphatic rings. The zero-order chi connectivity index (χ0) is 17.0. The summed E-state index contributed by atoms with van der Waals surface area (Å²) in [7, 11) is 0. The Kier molecular flexibility index (Phi) is 10.4. The molecule has 0 aliphatic heterocycles. The van der Waals surface area contributed by atoms with Crippen molar-refractivity contribution < 1.29 is 4.79 Å². The average Bonchev–Trinajstić information content (AvgIpc) is 2.59. The minimum Gasteiger partial charge on any atom is -0.350 e. The lowest BCUT2D eigenvalue weighted by Gasteiger charge is -2.08. The highest BCUT2D eigenvalue weighted by molar-refractivity contribution is 5.94. The molecule has 0 atom stereocenters. The molecule has 0 bridgehead atoms. The molecule has 0 saturated heterocycles. The molecule has 2 aromatic rings. The van der Waals surface area contributed by atoms with Gasteiger partial charge < -0.3 is 5.32 Å². The second-order valence-electron chi connectivity index (χ2n) is 4.44. The summed E-state index contributed by atoms with van der Waals surface area (Å²) in [6.45, 7) is 11.9. The van der Waals surface area contributed by atoms with Crippen LogP contribution in [0.25, 0.3) is 11.1 Å². The van der Waals surface area contributed by atoms with E-state index in [1.54, 1.807) is 12.4 Å². The number of hydrogen-bond donors (Lipinski definition) is 1. The Morgan fingerprint density at radius 1 is 0.864 bits per heavy atom. The third-order valence-corrected chi connectivity index (χ3v) is 2.58. The molecule has 1 heterocycles. The topological polar surface area (TPSA) is 42.0 Å². The number of benzene rings is 1. The zero-order valence-corrected chi connectivity index (χ0v) is 14.6. The number of pyridine rings is 1. The summed E-state index contributed by atoms with van der Waals surface area (Å²) in [5, 5.41) is 2.87. The van der Waals surface area contributed by atoms with E-state index in [0.29, 0.717) is 5.56 Å². The van der Waals surface area contributed by atoms with Crippen LogP contribution < -0.4 is 5.32 Å². The molecule has 2 rings (SSSR count). The van der Waals surface area contributed by atoms with Crippen LogP contribution in [0, 0.1) is 0 Å². The van der Waals surface area contributed by atoms with Gasteiger partial charge in [-0.2, -0.15) is 0 Å². The van der Waals surface area contributed by atoms with E-state index in [9.17, 15) is 4.79 Å². The smallest absolute Gasteiger partial charge is 0.251 e. The summed E-state index contributed by atoms with van der Waals surface area (Å²) >= 11 is 0. The van der Waals surface area contributed by atoms with E-state index in [0.717, 1.165) is 11.1 Å². The number of nitrogens with one attached hydrogen (secondary N) is 1. The maximum Gasteiger partial charge on any atom is 0.251 e. The van der Waals surface area contributed by atoms with Crippen molar-refractivity contribution in [2.45, 2.75) is 47.6 Å². The van der Waals surface area contributed by atoms with Crippen LogP contribution in [0.1, 0.15) is 51.9 Å². The molecule has 3 nitrogen and oxygen atoms in total. The maximum atomic E-state index is 11.8. The first-order valence-electron chi connectivity index (χ1n) is 7.98. The lowest BCUT2D eigenvalue weighted by Crippen LogP contribution is -2.29. The van der Waals surface area contributed by atoms with Gasteiger partial charge in [0.2, 0.25) is 0 Å². The van der Waals surface area contributed by atoms with E-state index in [4.69, 9.17) is 0 Å². The van der Waals surface area contributed by atoms with Crippen LogP contribution >= 0.6 is 0 Å². The van der Waals surface area contributed by atoms with Crippen LogP contribution in [0.4, 0.5) is 0 Å². The Balaban J connectivity index is 0.00000102. The molecule has 22 heavy (non-hydrogen) atoms. The fourth-order valence-corrected chi connectivity index (χ4v) is 1.70. The summed E-state index contributed by atoms with van der Waals surface area (Å²) in [4.78, 5) is 15.8. The molecule has 0 spiro atoms. The van der Waals surface area contributed by atoms with Gasteiger partial charge in [0, 0.05) is 24.0 Å². The van der Waals surface area contributed by atoms with Gasteiger partial charge in [0.05, 0.1) is 0 Å². The lowest BCUT2D eigenvalue weighted by molar-refractivity contribution is 0.0943. The van der Waals surface area contributed by atoms with Crippen LogP contribution in [0.15, 0.2) is 48.8 Å². The summed E-state index contributed by atoms with van der Waals surface area (Å²) in [6, 6.07) is 11.6. The minimum absolute atomic E-state index is 0.0359. The highest BCUT2D eigenvalue weighted by Gasteiger charge is 2.06. The molecular formula is C19H28N2O. The largest absolute Gasteiger partial charge is 0.350 e. The van der Waals surface area contributed by atoms with Gasteiger partial charge in [0.1, 0.15) is 0 Å². The second kappa shape index (κ2) is 11.5. The monoisotopic (exact) mass is 300 g/mol. The highest BCUT2D eigenvalue weighted by Crippen LogP contribution is 2.18. The standard InChI is InChI=1S/C15H16N2O.2C2H6/c1-11(2)17-15(18)14-5-3-12(4-6-14)13-7-9-16-10-8-13;2*1-2/h3-11H,1-2H3,(H,17,18);2*1-2H3. The number of rotatable bonds is 3. The Bertz CT molecular complexity index is 519. The normalized spacial score (nSPS) is 9.05. The van der Waals surface area contributed by atoms with Crippen molar-refractivity contribution in [2.75, 3.05) is 0 Å². The first-order chi connectivity index (χ1) is 10.7. The first-order valence-corrected chi connectivity index (χ1v) is 7.98. The van der Waals surface area contributed by atoms with Crippen molar-refractivity contribution in [3.05, 3.63) is 54.4 Å². The third kappa shape index (κ3) is 6.53. The second-order valence-corrected chi connectivity index (χ2v) is 4.44. The van der Waals surface area contributed by atoms with Crippen LogP contribution in [0.5, 0.6) is 0 Å². The number of aromatic nitrogens is 1. The van der Waals surface area contributed by atoms with Gasteiger partial charge in [-0.3, -0.25) is 9.78 Å². The van der Waals surface area contributed by atoms with Gasteiger partial charge >= 0.3 is 0 Å². The van der Waals surface area contributed by atoms with E-state index >= 15 is 0 Å². The Morgan fingerprint density at radius 2 is 1.32 bits per heavy atom. The fourth-order valence-electron chi connectivity index (χ4n) is 1.70. The number of carbonyl (C=O) groups is 1. The molecule has 1 N–H and O–H groups in total. The third-order valence-electron chi connectivity index (χ3n) is 2.58. The van der Waals surface area contributed by atoms with Gasteiger partial charge in [-0.05, 0) is 49.2 Å². The lowest BCUT2D eigenvalue weighted by atomic mass is 10.0. The highest BCUT2D eigenvalue weighted by atomic mass is 16.1. The van der Waals surface area contributed by atoms with Gasteiger partial charge in [0.15, 0.2) is 0 Å². The van der Waals surface area contributed by atoms with Crippen LogP contribution in [0.2, 0.25) is 0 Å². The molecular weight excluding hydrogens is 272 g/mol. The fraction of sp³-hybridized carbons (Fsp3) is 0.368. The number of hydrogen-bond acceptors (Lipinski definition) is 2. The van der Waals surface area contributed by atoms with Gasteiger partial charge in [-0.15, -0.1) is 0 Å². The molecule has 0 radical (unpaired) electrons. The van der Waals surface area contributed by atoms with Crippen molar-refractivity contribution in [2.24, 2.45) is 0 Å². The number of carbonyl (C=O) groups excluding carboxylic acids is 1. The Labute approximate surface area is 134 Å². The Morgan fingerprint density at radius 3 is 1.77 bits per heavy atom. The molecule has 0 aliphatic carbocycles. The summed E-state index contributed by atoms with van der Waals surface area (Å²) in [6.07, 6.45) is 3.52. The van der Waals surface area contributed by atoms with Crippen LogP contribution in [0.3, 0.4) is 0 Å². The molecule has 0 saturated carbocycles. The van der Waals surface area contributed by atoms with Gasteiger partial charge in [0.25, 0.3) is 5.91 Å². The van der Waals surface area contributed by atoms with Gasteiger partial charge in [-0.1, -0.05) is 39.8 Å². The van der Waals surface area contributed by atoms with Gasteiger partial charge in [-0.25, -0.2) is 0 Å². The number of nitrogens with zero attached hydrogens (tertiary/aromatic N) is 1. The van der Waals surface area contributed by atoms with E-state index in [2.05, 4.69) is 10.3 Å². The van der Waals surface area contributed by atoms with Crippen LogP contribution in [-0.2, 0) is 0 Å². The van der Waals surface area contributed by atoms with E-state index < -0.39 is 0 Å². The summed E-state index contributed by atoms with van der Waals surface area (Å²) in [5.41, 5.74) is 2.86. The van der Waals surface area contributed by atoms with Crippen molar-refractivity contribution >= 4 is 5.91 Å². The van der Waals surface area contributed by atoms with Crippen molar-refractivity contribution in [1.82, 2.24) is 10.3 Å². The predicted molar refractivity (Wildman–Crippen MR) is 95.0 cm³/mol. The molecule has 1 aromatic carbocycles.